The Hall–Kier alpha value is -2.54. The van der Waals surface area contributed by atoms with Gasteiger partial charge in [-0.1, -0.05) is 45.1 Å². The Bertz CT molecular complexity index is 1190. The summed E-state index contributed by atoms with van der Waals surface area (Å²) in [4.78, 5) is 19.0. The predicted octanol–water partition coefficient (Wildman–Crippen LogP) is 5.53. The number of aromatic nitrogens is 5. The summed E-state index contributed by atoms with van der Waals surface area (Å²) in [5, 5.41) is 14.3. The van der Waals surface area contributed by atoms with Gasteiger partial charge in [0.25, 0.3) is 5.56 Å². The van der Waals surface area contributed by atoms with E-state index in [2.05, 4.69) is 69.1 Å². The quantitative estimate of drug-likeness (QED) is 0.476. The molecular weight excluding hydrogens is 424 g/mol. The molecule has 1 N–H and O–H groups in total. The smallest absolute Gasteiger partial charge is 0.252 e. The van der Waals surface area contributed by atoms with Crippen LogP contribution in [0.1, 0.15) is 106 Å². The topological polar surface area (TPSA) is 79.7 Å². The molecule has 2 aliphatic rings. The molecule has 0 saturated heterocycles. The van der Waals surface area contributed by atoms with Crippen molar-refractivity contribution in [2.24, 2.45) is 0 Å². The maximum absolute atomic E-state index is 13.2. The third-order valence-electron chi connectivity index (χ3n) is 7.99. The van der Waals surface area contributed by atoms with Crippen LogP contribution in [0.2, 0.25) is 0 Å². The highest BCUT2D eigenvalue weighted by Crippen LogP contribution is 2.37. The number of pyridine rings is 1. The zero-order valence-corrected chi connectivity index (χ0v) is 20.9. The summed E-state index contributed by atoms with van der Waals surface area (Å²) in [6, 6.07) is 7.36. The lowest BCUT2D eigenvalue weighted by molar-refractivity contribution is 0.106. The molecule has 5 rings (SSSR count). The first-order valence-electron chi connectivity index (χ1n) is 13.2. The minimum Gasteiger partial charge on any atom is -0.322 e. The first kappa shape index (κ1) is 23.2. The van der Waals surface area contributed by atoms with Crippen LogP contribution in [0, 0.1) is 13.8 Å². The van der Waals surface area contributed by atoms with Crippen LogP contribution in [-0.4, -0.2) is 36.1 Å². The minimum absolute atomic E-state index is 0.0196. The Labute approximate surface area is 201 Å². The predicted molar refractivity (Wildman–Crippen MR) is 135 cm³/mol. The van der Waals surface area contributed by atoms with Gasteiger partial charge in [0, 0.05) is 29.1 Å². The molecule has 0 amide bonds. The molecule has 1 aromatic carbocycles. The molecular formula is C27H38N6O. The average molecular weight is 463 g/mol. The maximum atomic E-state index is 13.2. The normalized spacial score (nSPS) is 18.5. The molecule has 7 nitrogen and oxygen atoms in total. The van der Waals surface area contributed by atoms with Crippen molar-refractivity contribution in [3.05, 3.63) is 51.1 Å². The van der Waals surface area contributed by atoms with Gasteiger partial charge in [-0.2, -0.15) is 0 Å². The second kappa shape index (κ2) is 9.98. The van der Waals surface area contributed by atoms with Crippen molar-refractivity contribution in [1.82, 2.24) is 30.1 Å². The van der Waals surface area contributed by atoms with Gasteiger partial charge >= 0.3 is 0 Å². The third kappa shape index (κ3) is 4.54. The van der Waals surface area contributed by atoms with Crippen molar-refractivity contribution >= 4 is 10.9 Å². The average Bonchev–Trinajstić information content (AvgIpc) is 3.59. The molecule has 0 radical (unpaired) electrons. The van der Waals surface area contributed by atoms with Crippen molar-refractivity contribution in [2.75, 3.05) is 0 Å². The molecule has 0 aliphatic heterocycles. The van der Waals surface area contributed by atoms with Gasteiger partial charge in [-0.15, -0.1) is 5.10 Å². The summed E-state index contributed by atoms with van der Waals surface area (Å²) in [5.74, 6) is 0.990. The van der Waals surface area contributed by atoms with Crippen LogP contribution in [-0.2, 0) is 6.54 Å². The van der Waals surface area contributed by atoms with E-state index in [4.69, 9.17) is 0 Å². The molecule has 0 bridgehead atoms. The number of benzene rings is 1. The highest BCUT2D eigenvalue weighted by Gasteiger charge is 2.34. The Morgan fingerprint density at radius 3 is 2.56 bits per heavy atom. The van der Waals surface area contributed by atoms with Gasteiger partial charge in [0.1, 0.15) is 0 Å². The first-order chi connectivity index (χ1) is 16.5. The Kier molecular flexibility index (Phi) is 6.82. The van der Waals surface area contributed by atoms with Gasteiger partial charge in [0.05, 0.1) is 12.1 Å². The molecule has 0 unspecified atom stereocenters. The summed E-state index contributed by atoms with van der Waals surface area (Å²) in [7, 11) is 0. The summed E-state index contributed by atoms with van der Waals surface area (Å²) in [6.07, 6.45) is 11.7. The fourth-order valence-corrected chi connectivity index (χ4v) is 6.31. The molecule has 2 saturated carbocycles. The van der Waals surface area contributed by atoms with Gasteiger partial charge in [0.15, 0.2) is 5.82 Å². The number of tetrazole rings is 1. The van der Waals surface area contributed by atoms with E-state index < -0.39 is 0 Å². The van der Waals surface area contributed by atoms with Gasteiger partial charge < -0.3 is 4.98 Å². The van der Waals surface area contributed by atoms with Crippen LogP contribution in [0.25, 0.3) is 10.9 Å². The lowest BCUT2D eigenvalue weighted by Crippen LogP contribution is -2.39. The second-order valence-corrected chi connectivity index (χ2v) is 10.5. The number of nitrogens with zero attached hydrogens (tertiary/aromatic N) is 5. The van der Waals surface area contributed by atoms with E-state index in [9.17, 15) is 4.79 Å². The fourth-order valence-electron chi connectivity index (χ4n) is 6.31. The van der Waals surface area contributed by atoms with E-state index in [0.29, 0.717) is 18.6 Å². The Balaban J connectivity index is 1.54. The SMILES string of the molecule is CCC[C@@H](c1nnnn1C1CCCC1)N(Cc1cc2c(C)cc(C)cc2[nH]c1=O)C1CCCC1. The largest absolute Gasteiger partial charge is 0.322 e. The lowest BCUT2D eigenvalue weighted by atomic mass is 10.0. The van der Waals surface area contributed by atoms with Crippen LogP contribution in [0.3, 0.4) is 0 Å². The van der Waals surface area contributed by atoms with Crippen molar-refractivity contribution in [3.63, 3.8) is 0 Å². The monoisotopic (exact) mass is 462 g/mol. The number of fused-ring (bicyclic) bond motifs is 1. The van der Waals surface area contributed by atoms with E-state index in [1.165, 1.54) is 49.7 Å². The van der Waals surface area contributed by atoms with Crippen LogP contribution < -0.4 is 5.56 Å². The number of H-pyrrole nitrogens is 1. The van der Waals surface area contributed by atoms with E-state index in [-0.39, 0.29) is 11.6 Å². The van der Waals surface area contributed by atoms with Crippen LogP contribution in [0.5, 0.6) is 0 Å². The summed E-state index contributed by atoms with van der Waals surface area (Å²) in [6.45, 7) is 7.07. The molecule has 7 heteroatoms. The molecule has 2 aromatic heterocycles. The van der Waals surface area contributed by atoms with E-state index in [0.717, 1.165) is 48.0 Å². The summed E-state index contributed by atoms with van der Waals surface area (Å²) < 4.78 is 2.12. The molecule has 2 aliphatic carbocycles. The van der Waals surface area contributed by atoms with Gasteiger partial charge in [-0.25, -0.2) is 4.68 Å². The molecule has 2 heterocycles. The molecule has 1 atom stereocenters. The molecule has 2 fully saturated rings. The zero-order valence-electron chi connectivity index (χ0n) is 20.9. The number of nitrogens with one attached hydrogen (secondary N) is 1. The van der Waals surface area contributed by atoms with E-state index in [1.807, 2.05) is 0 Å². The van der Waals surface area contributed by atoms with E-state index in [1.54, 1.807) is 0 Å². The number of aryl methyl sites for hydroxylation is 2. The van der Waals surface area contributed by atoms with Crippen LogP contribution in [0.4, 0.5) is 0 Å². The fraction of sp³-hybridized carbons (Fsp3) is 0.630. The number of hydrogen-bond acceptors (Lipinski definition) is 5. The van der Waals surface area contributed by atoms with Gasteiger partial charge in [-0.3, -0.25) is 9.69 Å². The Morgan fingerprint density at radius 2 is 1.82 bits per heavy atom. The van der Waals surface area contributed by atoms with Crippen LogP contribution in [0.15, 0.2) is 23.0 Å². The van der Waals surface area contributed by atoms with Crippen molar-refractivity contribution < 1.29 is 0 Å². The standard InChI is InChI=1S/C27H38N6O/c1-4-9-25(26-29-30-31-33(26)22-12-7-8-13-22)32(21-10-5-6-11-21)17-20-16-23-19(3)14-18(2)15-24(23)28-27(20)34/h14-16,21-22,25H,4-13,17H2,1-3H3,(H,28,34)/t25-/m0/s1. The van der Waals surface area contributed by atoms with Crippen molar-refractivity contribution in [3.8, 4) is 0 Å². The number of hydrogen-bond donors (Lipinski definition) is 1. The highest BCUT2D eigenvalue weighted by molar-refractivity contribution is 5.83. The van der Waals surface area contributed by atoms with Crippen molar-refractivity contribution in [1.29, 1.82) is 0 Å². The minimum atomic E-state index is 0.0196. The summed E-state index contributed by atoms with van der Waals surface area (Å²) in [5.41, 5.74) is 4.16. The molecule has 0 spiro atoms. The second-order valence-electron chi connectivity index (χ2n) is 10.5. The summed E-state index contributed by atoms with van der Waals surface area (Å²) >= 11 is 0. The lowest BCUT2D eigenvalue weighted by Gasteiger charge is -2.36. The maximum Gasteiger partial charge on any atom is 0.252 e. The van der Waals surface area contributed by atoms with Crippen LogP contribution >= 0.6 is 0 Å². The first-order valence-corrected chi connectivity index (χ1v) is 13.2. The van der Waals surface area contributed by atoms with E-state index >= 15 is 0 Å². The molecule has 34 heavy (non-hydrogen) atoms. The van der Waals surface area contributed by atoms with Crippen molar-refractivity contribution in [2.45, 2.75) is 110 Å². The number of aromatic amines is 1. The molecule has 3 aromatic rings. The molecule has 182 valence electrons. The third-order valence-corrected chi connectivity index (χ3v) is 7.99. The van der Waals surface area contributed by atoms with Gasteiger partial charge in [0.2, 0.25) is 0 Å². The highest BCUT2D eigenvalue weighted by atomic mass is 16.1. The number of rotatable bonds is 8. The zero-order chi connectivity index (χ0) is 23.7. The van der Waals surface area contributed by atoms with Gasteiger partial charge in [-0.05, 0) is 79.6 Å². The Morgan fingerprint density at radius 1 is 1.09 bits per heavy atom.